The van der Waals surface area contributed by atoms with Gasteiger partial charge in [0.15, 0.2) is 0 Å². The van der Waals surface area contributed by atoms with Crippen molar-refractivity contribution in [1.29, 1.82) is 0 Å². The maximum absolute atomic E-state index is 12.7. The van der Waals surface area contributed by atoms with Crippen LogP contribution in [0.2, 0.25) is 0 Å². The van der Waals surface area contributed by atoms with E-state index in [-0.39, 0.29) is 24.9 Å². The van der Waals surface area contributed by atoms with E-state index in [1.165, 1.54) is 5.56 Å². The predicted octanol–water partition coefficient (Wildman–Crippen LogP) is 3.53. The number of benzene rings is 2. The van der Waals surface area contributed by atoms with Gasteiger partial charge in [0.25, 0.3) is 0 Å². The second-order valence-corrected chi connectivity index (χ2v) is 9.10. The zero-order valence-electron chi connectivity index (χ0n) is 18.5. The summed E-state index contributed by atoms with van der Waals surface area (Å²) in [5.74, 6) is -0.0515. The lowest BCUT2D eigenvalue weighted by Crippen LogP contribution is -2.51. The lowest BCUT2D eigenvalue weighted by Gasteiger charge is -2.38. The lowest BCUT2D eigenvalue weighted by atomic mass is 10.1. The molecule has 0 radical (unpaired) electrons. The third-order valence-electron chi connectivity index (χ3n) is 5.78. The van der Waals surface area contributed by atoms with Gasteiger partial charge in [0.2, 0.25) is 11.8 Å². The fraction of sp³-hybridized carbons (Fsp3) is 0.417. The Balaban J connectivity index is 1.43. The van der Waals surface area contributed by atoms with Crippen molar-refractivity contribution in [1.82, 2.24) is 14.7 Å². The Morgan fingerprint density at radius 1 is 1.06 bits per heavy atom. The highest BCUT2D eigenvalue weighted by Crippen LogP contribution is 2.22. The molecule has 3 rings (SSSR count). The van der Waals surface area contributed by atoms with E-state index < -0.39 is 0 Å². The largest absolute Gasteiger partial charge is 0.339 e. The molecule has 1 heterocycles. The minimum atomic E-state index is -0.123. The number of nitrogens with one attached hydrogen (secondary N) is 1. The van der Waals surface area contributed by atoms with Gasteiger partial charge in [-0.05, 0) is 50.2 Å². The third-order valence-corrected chi connectivity index (χ3v) is 6.27. The van der Waals surface area contributed by atoms with E-state index in [0.717, 1.165) is 28.8 Å². The second-order valence-electron chi connectivity index (χ2n) is 8.18. The number of amides is 2. The van der Waals surface area contributed by atoms with Crippen LogP contribution in [0.5, 0.6) is 0 Å². The van der Waals surface area contributed by atoms with Crippen molar-refractivity contribution < 1.29 is 9.59 Å². The molecule has 31 heavy (non-hydrogen) atoms. The van der Waals surface area contributed by atoms with Crippen molar-refractivity contribution in [3.63, 3.8) is 0 Å². The number of carbonyl (C=O) groups is 2. The first-order chi connectivity index (χ1) is 14.8. The predicted molar refractivity (Wildman–Crippen MR) is 128 cm³/mol. The monoisotopic (exact) mass is 486 g/mol. The summed E-state index contributed by atoms with van der Waals surface area (Å²) in [5.41, 5.74) is 3.08. The van der Waals surface area contributed by atoms with Crippen LogP contribution >= 0.6 is 15.9 Å². The van der Waals surface area contributed by atoms with Crippen molar-refractivity contribution in [2.45, 2.75) is 19.9 Å². The Kier molecular flexibility index (Phi) is 8.23. The van der Waals surface area contributed by atoms with Crippen LogP contribution in [0, 0.1) is 6.92 Å². The summed E-state index contributed by atoms with van der Waals surface area (Å²) < 4.78 is 0.976. The summed E-state index contributed by atoms with van der Waals surface area (Å²) in [7, 11) is 1.81. The maximum Gasteiger partial charge on any atom is 0.238 e. The summed E-state index contributed by atoms with van der Waals surface area (Å²) >= 11 is 3.42. The second kappa shape index (κ2) is 10.9. The van der Waals surface area contributed by atoms with Crippen molar-refractivity contribution in [3.8, 4) is 0 Å². The zero-order chi connectivity index (χ0) is 22.4. The first-order valence-electron chi connectivity index (χ1n) is 10.6. The van der Waals surface area contributed by atoms with Crippen molar-refractivity contribution >= 4 is 33.4 Å². The minimum absolute atomic E-state index is 0.0714. The molecule has 0 saturated carbocycles. The highest BCUT2D eigenvalue weighted by Gasteiger charge is 2.25. The molecule has 0 bridgehead atoms. The van der Waals surface area contributed by atoms with E-state index in [9.17, 15) is 9.59 Å². The molecule has 2 amide bonds. The van der Waals surface area contributed by atoms with E-state index in [2.05, 4.69) is 57.3 Å². The normalized spacial score (nSPS) is 15.7. The summed E-state index contributed by atoms with van der Waals surface area (Å²) in [6.45, 7) is 7.72. The first-order valence-corrected chi connectivity index (χ1v) is 11.4. The van der Waals surface area contributed by atoms with Crippen molar-refractivity contribution in [2.24, 2.45) is 0 Å². The molecule has 166 valence electrons. The number of carbonyl (C=O) groups excluding carboxylic acids is 2. The first kappa shape index (κ1) is 23.4. The number of hydrogen-bond acceptors (Lipinski definition) is 4. The molecule has 2 aromatic rings. The molecular formula is C24H31BrN4O2. The molecule has 0 spiro atoms. The molecule has 7 heteroatoms. The Morgan fingerprint density at radius 3 is 2.39 bits per heavy atom. The van der Waals surface area contributed by atoms with Gasteiger partial charge in [0, 0.05) is 42.4 Å². The van der Waals surface area contributed by atoms with Gasteiger partial charge >= 0.3 is 0 Å². The van der Waals surface area contributed by atoms with Gasteiger partial charge in [-0.15, -0.1) is 0 Å². The van der Waals surface area contributed by atoms with Gasteiger partial charge in [-0.3, -0.25) is 19.4 Å². The SMILES string of the molecule is Cc1cc(Br)ccc1NC(=O)CN(C)CC(=O)N1CCN([C@H](C)c2ccccc2)CC1. The molecule has 1 aliphatic heterocycles. The molecule has 1 saturated heterocycles. The van der Waals surface area contributed by atoms with Gasteiger partial charge < -0.3 is 10.2 Å². The number of halogens is 1. The van der Waals surface area contributed by atoms with E-state index >= 15 is 0 Å². The number of hydrogen-bond donors (Lipinski definition) is 1. The highest BCUT2D eigenvalue weighted by molar-refractivity contribution is 9.10. The molecule has 6 nitrogen and oxygen atoms in total. The van der Waals surface area contributed by atoms with E-state index in [1.807, 2.05) is 36.1 Å². The fourth-order valence-electron chi connectivity index (χ4n) is 3.89. The molecular weight excluding hydrogens is 456 g/mol. The molecule has 0 aliphatic carbocycles. The van der Waals surface area contributed by atoms with Gasteiger partial charge in [-0.2, -0.15) is 0 Å². The fourth-order valence-corrected chi connectivity index (χ4v) is 4.37. The Bertz CT molecular complexity index is 898. The van der Waals surface area contributed by atoms with E-state index in [4.69, 9.17) is 0 Å². The lowest BCUT2D eigenvalue weighted by molar-refractivity contribution is -0.134. The molecule has 1 N–H and O–H groups in total. The number of piperazine rings is 1. The summed E-state index contributed by atoms with van der Waals surface area (Å²) in [4.78, 5) is 31.2. The average molecular weight is 487 g/mol. The molecule has 1 atom stereocenters. The van der Waals surface area contributed by atoms with Crippen molar-refractivity contribution in [3.05, 3.63) is 64.1 Å². The number of nitrogens with zero attached hydrogens (tertiary/aromatic N) is 3. The van der Waals surface area contributed by atoms with Crippen LogP contribution < -0.4 is 5.32 Å². The Labute approximate surface area is 193 Å². The molecule has 1 fully saturated rings. The van der Waals surface area contributed by atoms with Gasteiger partial charge in [-0.25, -0.2) is 0 Å². The van der Waals surface area contributed by atoms with Crippen LogP contribution in [-0.2, 0) is 9.59 Å². The minimum Gasteiger partial charge on any atom is -0.339 e. The number of rotatable bonds is 7. The molecule has 0 aromatic heterocycles. The van der Waals surface area contributed by atoms with Crippen molar-refractivity contribution in [2.75, 3.05) is 51.6 Å². The number of aryl methyl sites for hydroxylation is 1. The van der Waals surface area contributed by atoms with Gasteiger partial charge in [-0.1, -0.05) is 46.3 Å². The quantitative estimate of drug-likeness (QED) is 0.650. The standard InChI is InChI=1S/C24H31BrN4O2/c1-18-15-21(25)9-10-22(18)26-23(30)16-27(3)17-24(31)29-13-11-28(12-14-29)19(2)20-7-5-4-6-8-20/h4-10,15,19H,11-14,16-17H2,1-3H3,(H,26,30)/t19-/m1/s1. The van der Waals surface area contributed by atoms with Crippen LogP contribution in [0.4, 0.5) is 5.69 Å². The molecule has 2 aromatic carbocycles. The number of likely N-dealkylation sites (N-methyl/N-ethyl adjacent to an activating group) is 1. The smallest absolute Gasteiger partial charge is 0.238 e. The van der Waals surface area contributed by atoms with Crippen LogP contribution in [-0.4, -0.2) is 72.8 Å². The highest BCUT2D eigenvalue weighted by atomic mass is 79.9. The van der Waals surface area contributed by atoms with Gasteiger partial charge in [0.1, 0.15) is 0 Å². The van der Waals surface area contributed by atoms with E-state index in [1.54, 1.807) is 11.9 Å². The molecule has 0 unspecified atom stereocenters. The Morgan fingerprint density at radius 2 is 1.74 bits per heavy atom. The Hall–Kier alpha value is -2.22. The van der Waals surface area contributed by atoms with Crippen LogP contribution in [0.15, 0.2) is 53.0 Å². The van der Waals surface area contributed by atoms with Crippen LogP contribution in [0.25, 0.3) is 0 Å². The summed E-state index contributed by atoms with van der Waals surface area (Å²) in [5, 5.41) is 2.92. The van der Waals surface area contributed by atoms with Gasteiger partial charge in [0.05, 0.1) is 13.1 Å². The zero-order valence-corrected chi connectivity index (χ0v) is 20.1. The summed E-state index contributed by atoms with van der Waals surface area (Å²) in [6.07, 6.45) is 0. The number of anilines is 1. The maximum atomic E-state index is 12.7. The van der Waals surface area contributed by atoms with Crippen LogP contribution in [0.1, 0.15) is 24.1 Å². The van der Waals surface area contributed by atoms with Crippen LogP contribution in [0.3, 0.4) is 0 Å². The molecule has 1 aliphatic rings. The topological polar surface area (TPSA) is 55.9 Å². The van der Waals surface area contributed by atoms with E-state index in [0.29, 0.717) is 19.1 Å². The third kappa shape index (κ3) is 6.63. The average Bonchev–Trinajstić information content (AvgIpc) is 2.75. The summed E-state index contributed by atoms with van der Waals surface area (Å²) in [6, 6.07) is 16.5.